The minimum Gasteiger partial charge on any atom is -0.454 e. The second-order valence-corrected chi connectivity index (χ2v) is 8.01. The maximum Gasteiger partial charge on any atom is 0.272 e. The largest absolute Gasteiger partial charge is 0.454 e. The second-order valence-electron chi connectivity index (χ2n) is 7.16. The zero-order chi connectivity index (χ0) is 23.4. The van der Waals surface area contributed by atoms with Gasteiger partial charge in [0, 0.05) is 10.0 Å². The van der Waals surface area contributed by atoms with Gasteiger partial charge in [0.1, 0.15) is 5.70 Å². The maximum atomic E-state index is 13.2. The Kier molecular flexibility index (Phi) is 6.55. The van der Waals surface area contributed by atoms with Gasteiger partial charge in [-0.15, -0.1) is 0 Å². The average Bonchev–Trinajstić information content (AvgIpc) is 3.27. The topological polar surface area (TPSA) is 93.7 Å². The molecule has 3 aromatic carbocycles. The number of ether oxygens (including phenoxy) is 2. The van der Waals surface area contributed by atoms with Gasteiger partial charge in [-0.05, 0) is 70.9 Å². The predicted molar refractivity (Wildman–Crippen MR) is 127 cm³/mol. The molecule has 0 radical (unpaired) electrons. The van der Waals surface area contributed by atoms with Crippen molar-refractivity contribution in [2.75, 3.05) is 12.1 Å². The zero-order valence-electron chi connectivity index (χ0n) is 17.6. The Morgan fingerprint density at radius 2 is 1.61 bits per heavy atom. The summed E-state index contributed by atoms with van der Waals surface area (Å²) in [6.45, 7) is 1.54. The smallest absolute Gasteiger partial charge is 0.272 e. The lowest BCUT2D eigenvalue weighted by atomic mass is 10.1. The van der Waals surface area contributed by atoms with Crippen molar-refractivity contribution in [3.05, 3.63) is 93.6 Å². The van der Waals surface area contributed by atoms with Crippen LogP contribution in [0.15, 0.2) is 76.9 Å². The molecule has 0 spiro atoms. The summed E-state index contributed by atoms with van der Waals surface area (Å²) >= 11 is 3.35. The number of fused-ring (bicyclic) bond motifs is 1. The highest BCUT2D eigenvalue weighted by Gasteiger charge is 2.19. The summed E-state index contributed by atoms with van der Waals surface area (Å²) < 4.78 is 11.3. The number of Topliss-reactive ketones (excluding diaryl/α,β-unsaturated/α-hetero) is 1. The fraction of sp³-hybridized carbons (Fsp3) is 0.0800. The number of ketones is 1. The third kappa shape index (κ3) is 5.12. The van der Waals surface area contributed by atoms with Crippen LogP contribution in [0.25, 0.3) is 6.08 Å². The molecule has 0 aliphatic carbocycles. The fourth-order valence-corrected chi connectivity index (χ4v) is 3.72. The van der Waals surface area contributed by atoms with Gasteiger partial charge >= 0.3 is 0 Å². The van der Waals surface area contributed by atoms with Crippen LogP contribution >= 0.6 is 15.9 Å². The predicted octanol–water partition coefficient (Wildman–Crippen LogP) is 4.79. The molecule has 0 saturated carbocycles. The summed E-state index contributed by atoms with van der Waals surface area (Å²) in [5.41, 5.74) is 1.70. The van der Waals surface area contributed by atoms with E-state index in [1.54, 1.807) is 66.7 Å². The molecule has 0 saturated heterocycles. The molecule has 8 heteroatoms. The number of para-hydroxylation sites is 1. The Labute approximate surface area is 198 Å². The Balaban J connectivity index is 1.68. The lowest BCUT2D eigenvalue weighted by molar-refractivity contribution is -0.113. The van der Waals surface area contributed by atoms with Crippen LogP contribution in [0.4, 0.5) is 5.69 Å². The molecule has 0 unspecified atom stereocenters. The third-order valence-electron chi connectivity index (χ3n) is 4.87. The van der Waals surface area contributed by atoms with E-state index < -0.39 is 11.8 Å². The number of nitrogens with one attached hydrogen (secondary N) is 2. The summed E-state index contributed by atoms with van der Waals surface area (Å²) in [7, 11) is 0. The molecule has 3 aromatic rings. The number of hydrogen-bond acceptors (Lipinski definition) is 5. The van der Waals surface area contributed by atoms with Crippen molar-refractivity contribution in [3.8, 4) is 11.5 Å². The molecule has 0 fully saturated rings. The Bertz CT molecular complexity index is 1290. The Morgan fingerprint density at radius 1 is 0.909 bits per heavy atom. The number of carbonyl (C=O) groups excluding carboxylic acids is 3. The SMILES string of the molecule is CC(=O)c1ccccc1NC(=O)/C(=C/c1ccc2c(c1)OCO2)NC(=O)c1ccccc1Br. The van der Waals surface area contributed by atoms with Gasteiger partial charge < -0.3 is 20.1 Å². The van der Waals surface area contributed by atoms with Crippen molar-refractivity contribution in [2.45, 2.75) is 6.92 Å². The first-order valence-electron chi connectivity index (χ1n) is 10.0. The average molecular weight is 507 g/mol. The van der Waals surface area contributed by atoms with Gasteiger partial charge in [0.15, 0.2) is 17.3 Å². The van der Waals surface area contributed by atoms with E-state index in [0.717, 1.165) is 0 Å². The van der Waals surface area contributed by atoms with Crippen molar-refractivity contribution in [1.29, 1.82) is 0 Å². The van der Waals surface area contributed by atoms with Crippen LogP contribution in [0.3, 0.4) is 0 Å². The number of halogens is 1. The summed E-state index contributed by atoms with van der Waals surface area (Å²) in [6.07, 6.45) is 1.53. The van der Waals surface area contributed by atoms with E-state index in [1.807, 2.05) is 0 Å². The van der Waals surface area contributed by atoms with E-state index >= 15 is 0 Å². The molecular weight excluding hydrogens is 488 g/mol. The molecule has 0 atom stereocenters. The number of rotatable bonds is 6. The van der Waals surface area contributed by atoms with Crippen LogP contribution in [0.1, 0.15) is 33.2 Å². The zero-order valence-corrected chi connectivity index (χ0v) is 19.1. The molecule has 4 rings (SSSR count). The number of anilines is 1. The van der Waals surface area contributed by atoms with Crippen LogP contribution < -0.4 is 20.1 Å². The molecule has 1 aliphatic heterocycles. The molecule has 7 nitrogen and oxygen atoms in total. The standard InChI is InChI=1S/C25H19BrN2O5/c1-15(29)17-6-3-5-9-20(17)27-25(31)21(28-24(30)18-7-2-4-8-19(18)26)12-16-10-11-22-23(13-16)33-14-32-22/h2-13H,14H2,1H3,(H,27,31)(H,28,30)/b21-12-. The maximum absolute atomic E-state index is 13.2. The molecule has 1 aliphatic rings. The second kappa shape index (κ2) is 9.70. The van der Waals surface area contributed by atoms with E-state index in [9.17, 15) is 14.4 Å². The van der Waals surface area contributed by atoms with Crippen LogP contribution in [0, 0.1) is 0 Å². The highest BCUT2D eigenvalue weighted by Crippen LogP contribution is 2.33. The molecule has 2 amide bonds. The summed E-state index contributed by atoms with van der Waals surface area (Å²) in [4.78, 5) is 38.1. The minimum absolute atomic E-state index is 0.00651. The van der Waals surface area contributed by atoms with E-state index in [0.29, 0.717) is 38.3 Å². The van der Waals surface area contributed by atoms with E-state index in [4.69, 9.17) is 9.47 Å². The summed E-state index contributed by atoms with van der Waals surface area (Å²) in [5, 5.41) is 5.41. The molecular formula is C25H19BrN2O5. The van der Waals surface area contributed by atoms with Crippen molar-refractivity contribution >= 4 is 45.3 Å². The molecule has 33 heavy (non-hydrogen) atoms. The Morgan fingerprint density at radius 3 is 2.36 bits per heavy atom. The van der Waals surface area contributed by atoms with Gasteiger partial charge in [-0.2, -0.15) is 0 Å². The highest BCUT2D eigenvalue weighted by molar-refractivity contribution is 9.10. The van der Waals surface area contributed by atoms with Gasteiger partial charge in [0.2, 0.25) is 6.79 Å². The number of hydrogen-bond donors (Lipinski definition) is 2. The Hall–Kier alpha value is -3.91. The quantitative estimate of drug-likeness (QED) is 0.370. The number of benzene rings is 3. The van der Waals surface area contributed by atoms with Gasteiger partial charge in [0.25, 0.3) is 11.8 Å². The third-order valence-corrected chi connectivity index (χ3v) is 5.56. The molecule has 0 bridgehead atoms. The van der Waals surface area contributed by atoms with Gasteiger partial charge in [-0.3, -0.25) is 14.4 Å². The molecule has 2 N–H and O–H groups in total. The number of carbonyl (C=O) groups is 3. The monoisotopic (exact) mass is 506 g/mol. The first-order valence-corrected chi connectivity index (χ1v) is 10.8. The van der Waals surface area contributed by atoms with Crippen molar-refractivity contribution < 1.29 is 23.9 Å². The summed E-state index contributed by atoms with van der Waals surface area (Å²) in [6, 6.07) is 18.7. The van der Waals surface area contributed by atoms with Gasteiger partial charge in [0.05, 0.1) is 11.3 Å². The lowest BCUT2D eigenvalue weighted by Crippen LogP contribution is -2.31. The fourth-order valence-electron chi connectivity index (χ4n) is 3.25. The van der Waals surface area contributed by atoms with Crippen LogP contribution in [-0.4, -0.2) is 24.4 Å². The first kappa shape index (κ1) is 22.3. The van der Waals surface area contributed by atoms with Crippen molar-refractivity contribution in [2.24, 2.45) is 0 Å². The van der Waals surface area contributed by atoms with Crippen LogP contribution in [0.5, 0.6) is 11.5 Å². The van der Waals surface area contributed by atoms with Gasteiger partial charge in [-0.25, -0.2) is 0 Å². The van der Waals surface area contributed by atoms with Crippen molar-refractivity contribution in [3.63, 3.8) is 0 Å². The van der Waals surface area contributed by atoms with Crippen molar-refractivity contribution in [1.82, 2.24) is 5.32 Å². The van der Waals surface area contributed by atoms with Crippen LogP contribution in [0.2, 0.25) is 0 Å². The minimum atomic E-state index is -0.582. The summed E-state index contributed by atoms with van der Waals surface area (Å²) in [5.74, 6) is -0.0935. The van der Waals surface area contributed by atoms with E-state index in [-0.39, 0.29) is 18.3 Å². The van der Waals surface area contributed by atoms with Gasteiger partial charge in [-0.1, -0.05) is 30.3 Å². The van der Waals surface area contributed by atoms with Crippen LogP contribution in [-0.2, 0) is 4.79 Å². The highest BCUT2D eigenvalue weighted by atomic mass is 79.9. The van der Waals surface area contributed by atoms with E-state index in [1.165, 1.54) is 13.0 Å². The molecule has 0 aromatic heterocycles. The normalized spacial score (nSPS) is 12.2. The lowest BCUT2D eigenvalue weighted by Gasteiger charge is -2.13. The molecule has 1 heterocycles. The first-order chi connectivity index (χ1) is 15.9. The molecule has 166 valence electrons. The number of amides is 2. The van der Waals surface area contributed by atoms with E-state index in [2.05, 4.69) is 26.6 Å².